The predicted molar refractivity (Wildman–Crippen MR) is 84.8 cm³/mol. The quantitative estimate of drug-likeness (QED) is 0.738. The SMILES string of the molecule is NC(=S)COc1ccccc1NC(=O)c1ccccc1O. The zero-order chi connectivity index (χ0) is 15.2. The van der Waals surface area contributed by atoms with E-state index in [1.165, 1.54) is 12.1 Å². The van der Waals surface area contributed by atoms with Crippen molar-refractivity contribution in [2.45, 2.75) is 0 Å². The van der Waals surface area contributed by atoms with Crippen LogP contribution in [0, 0.1) is 0 Å². The van der Waals surface area contributed by atoms with Gasteiger partial charge in [0.25, 0.3) is 5.91 Å². The number of anilines is 1. The predicted octanol–water partition coefficient (Wildman–Crippen LogP) is 2.31. The van der Waals surface area contributed by atoms with Crippen LogP contribution in [0.15, 0.2) is 48.5 Å². The maximum atomic E-state index is 12.1. The molecule has 0 radical (unpaired) electrons. The second kappa shape index (κ2) is 6.71. The average Bonchev–Trinajstić information content (AvgIpc) is 2.46. The van der Waals surface area contributed by atoms with E-state index in [1.807, 2.05) is 0 Å². The molecule has 0 saturated heterocycles. The molecule has 2 rings (SSSR count). The Morgan fingerprint density at radius 2 is 1.86 bits per heavy atom. The molecule has 0 aliphatic heterocycles. The molecule has 0 aliphatic rings. The van der Waals surface area contributed by atoms with Crippen molar-refractivity contribution in [2.24, 2.45) is 5.73 Å². The first-order valence-electron chi connectivity index (χ1n) is 6.17. The van der Waals surface area contributed by atoms with Gasteiger partial charge in [-0.05, 0) is 24.3 Å². The Morgan fingerprint density at radius 1 is 1.19 bits per heavy atom. The number of nitrogens with two attached hydrogens (primary N) is 1. The summed E-state index contributed by atoms with van der Waals surface area (Å²) < 4.78 is 5.42. The van der Waals surface area contributed by atoms with Crippen LogP contribution in [0.4, 0.5) is 5.69 Å². The van der Waals surface area contributed by atoms with Crippen molar-refractivity contribution in [3.8, 4) is 11.5 Å². The fourth-order valence-corrected chi connectivity index (χ4v) is 1.76. The molecular formula is C15H14N2O3S. The summed E-state index contributed by atoms with van der Waals surface area (Å²) in [6.45, 7) is 0.0821. The number of rotatable bonds is 5. The number of nitrogens with one attached hydrogen (secondary N) is 1. The molecule has 0 aliphatic carbocycles. The summed E-state index contributed by atoms with van der Waals surface area (Å²) in [6.07, 6.45) is 0. The molecule has 21 heavy (non-hydrogen) atoms. The second-order valence-electron chi connectivity index (χ2n) is 4.22. The van der Waals surface area contributed by atoms with Gasteiger partial charge in [-0.1, -0.05) is 36.5 Å². The van der Waals surface area contributed by atoms with Crippen LogP contribution in [0.2, 0.25) is 0 Å². The van der Waals surface area contributed by atoms with Gasteiger partial charge in [0.15, 0.2) is 0 Å². The fraction of sp³-hybridized carbons (Fsp3) is 0.0667. The number of phenols is 1. The molecule has 4 N–H and O–H groups in total. The number of para-hydroxylation sites is 3. The number of thiocarbonyl (C=S) groups is 1. The first kappa shape index (κ1) is 14.8. The number of ether oxygens (including phenoxy) is 1. The number of aromatic hydroxyl groups is 1. The number of phenolic OH excluding ortho intramolecular Hbond substituents is 1. The number of carbonyl (C=O) groups is 1. The highest BCUT2D eigenvalue weighted by Gasteiger charge is 2.12. The molecule has 108 valence electrons. The van der Waals surface area contributed by atoms with Crippen molar-refractivity contribution in [1.29, 1.82) is 0 Å². The van der Waals surface area contributed by atoms with Crippen LogP contribution in [-0.2, 0) is 0 Å². The Bertz CT molecular complexity index is 673. The molecule has 6 heteroatoms. The Morgan fingerprint density at radius 3 is 2.57 bits per heavy atom. The van der Waals surface area contributed by atoms with Crippen molar-refractivity contribution >= 4 is 28.8 Å². The van der Waals surface area contributed by atoms with Gasteiger partial charge in [0, 0.05) is 0 Å². The first-order chi connectivity index (χ1) is 10.1. The highest BCUT2D eigenvalue weighted by molar-refractivity contribution is 7.80. The smallest absolute Gasteiger partial charge is 0.259 e. The normalized spacial score (nSPS) is 9.90. The third-order valence-corrected chi connectivity index (χ3v) is 2.77. The number of benzene rings is 2. The summed E-state index contributed by atoms with van der Waals surface area (Å²) in [4.78, 5) is 12.4. The van der Waals surface area contributed by atoms with Crippen LogP contribution < -0.4 is 15.8 Å². The molecule has 0 unspecified atom stereocenters. The van der Waals surface area contributed by atoms with Gasteiger partial charge < -0.3 is 20.9 Å². The molecule has 0 bridgehead atoms. The molecular weight excluding hydrogens is 288 g/mol. The van der Waals surface area contributed by atoms with E-state index in [1.54, 1.807) is 36.4 Å². The third kappa shape index (κ3) is 3.93. The van der Waals surface area contributed by atoms with Gasteiger partial charge in [0.1, 0.15) is 23.1 Å². The zero-order valence-electron chi connectivity index (χ0n) is 11.1. The van der Waals surface area contributed by atoms with Crippen LogP contribution in [0.3, 0.4) is 0 Å². The molecule has 0 heterocycles. The summed E-state index contributed by atoms with van der Waals surface area (Å²) in [5.74, 6) is -0.0647. The number of hydrogen-bond donors (Lipinski definition) is 3. The van der Waals surface area contributed by atoms with E-state index in [-0.39, 0.29) is 22.9 Å². The van der Waals surface area contributed by atoms with E-state index in [4.69, 9.17) is 22.7 Å². The molecule has 0 fully saturated rings. The highest BCUT2D eigenvalue weighted by atomic mass is 32.1. The highest BCUT2D eigenvalue weighted by Crippen LogP contribution is 2.25. The van der Waals surface area contributed by atoms with Crippen molar-refractivity contribution in [1.82, 2.24) is 0 Å². The van der Waals surface area contributed by atoms with Crippen LogP contribution in [-0.4, -0.2) is 22.6 Å². The Balaban J connectivity index is 2.18. The lowest BCUT2D eigenvalue weighted by atomic mass is 10.2. The zero-order valence-corrected chi connectivity index (χ0v) is 11.9. The monoisotopic (exact) mass is 302 g/mol. The Labute approximate surface area is 127 Å². The summed E-state index contributed by atoms with van der Waals surface area (Å²) in [5, 5.41) is 12.4. The van der Waals surface area contributed by atoms with Gasteiger partial charge in [0.05, 0.1) is 11.3 Å². The topological polar surface area (TPSA) is 84.6 Å². The number of carbonyl (C=O) groups excluding carboxylic acids is 1. The Kier molecular flexibility index (Phi) is 4.73. The summed E-state index contributed by atoms with van der Waals surface area (Å²) >= 11 is 4.75. The third-order valence-electron chi connectivity index (χ3n) is 2.65. The van der Waals surface area contributed by atoms with Crippen molar-refractivity contribution in [3.63, 3.8) is 0 Å². The maximum absolute atomic E-state index is 12.1. The van der Waals surface area contributed by atoms with Crippen LogP contribution in [0.25, 0.3) is 0 Å². The van der Waals surface area contributed by atoms with Crippen LogP contribution >= 0.6 is 12.2 Å². The molecule has 0 atom stereocenters. The van der Waals surface area contributed by atoms with Crippen molar-refractivity contribution in [2.75, 3.05) is 11.9 Å². The minimum absolute atomic E-state index is 0.0821. The maximum Gasteiger partial charge on any atom is 0.259 e. The standard InChI is InChI=1S/C15H14N2O3S/c16-14(21)9-20-13-8-4-2-6-11(13)17-15(19)10-5-1-3-7-12(10)18/h1-8,18H,9H2,(H2,16,21)(H,17,19). The molecule has 5 nitrogen and oxygen atoms in total. The van der Waals surface area contributed by atoms with Gasteiger partial charge >= 0.3 is 0 Å². The molecule has 2 aromatic carbocycles. The molecule has 0 spiro atoms. The summed E-state index contributed by atoms with van der Waals surface area (Å²) in [7, 11) is 0. The molecule has 2 aromatic rings. The van der Waals surface area contributed by atoms with Gasteiger partial charge in [-0.15, -0.1) is 0 Å². The van der Waals surface area contributed by atoms with Crippen molar-refractivity contribution < 1.29 is 14.6 Å². The van der Waals surface area contributed by atoms with E-state index in [9.17, 15) is 9.90 Å². The van der Waals surface area contributed by atoms with Gasteiger partial charge in [-0.25, -0.2) is 0 Å². The summed E-state index contributed by atoms with van der Waals surface area (Å²) in [5.41, 5.74) is 6.04. The minimum atomic E-state index is -0.431. The van der Waals surface area contributed by atoms with Gasteiger partial charge in [0.2, 0.25) is 0 Å². The largest absolute Gasteiger partial charge is 0.507 e. The minimum Gasteiger partial charge on any atom is -0.507 e. The van der Waals surface area contributed by atoms with Gasteiger partial charge in [-0.3, -0.25) is 4.79 Å². The molecule has 0 saturated carbocycles. The fourth-order valence-electron chi connectivity index (χ4n) is 1.70. The lowest BCUT2D eigenvalue weighted by Crippen LogP contribution is -2.19. The summed E-state index contributed by atoms with van der Waals surface area (Å²) in [6, 6.07) is 13.2. The van der Waals surface area contributed by atoms with Crippen LogP contribution in [0.1, 0.15) is 10.4 Å². The lowest BCUT2D eigenvalue weighted by molar-refractivity contribution is 0.102. The van der Waals surface area contributed by atoms with E-state index < -0.39 is 5.91 Å². The average molecular weight is 302 g/mol. The lowest BCUT2D eigenvalue weighted by Gasteiger charge is -2.12. The molecule has 1 amide bonds. The second-order valence-corrected chi connectivity index (χ2v) is 4.75. The van der Waals surface area contributed by atoms with Gasteiger partial charge in [-0.2, -0.15) is 0 Å². The number of hydrogen-bond acceptors (Lipinski definition) is 4. The van der Waals surface area contributed by atoms with E-state index in [2.05, 4.69) is 5.32 Å². The van der Waals surface area contributed by atoms with Crippen LogP contribution in [0.5, 0.6) is 11.5 Å². The van der Waals surface area contributed by atoms with E-state index in [0.29, 0.717) is 11.4 Å². The van der Waals surface area contributed by atoms with Crippen molar-refractivity contribution in [3.05, 3.63) is 54.1 Å². The first-order valence-corrected chi connectivity index (χ1v) is 6.58. The number of amides is 1. The Hall–Kier alpha value is -2.60. The van der Waals surface area contributed by atoms with E-state index in [0.717, 1.165) is 0 Å². The molecule has 0 aromatic heterocycles. The van der Waals surface area contributed by atoms with E-state index >= 15 is 0 Å².